The summed E-state index contributed by atoms with van der Waals surface area (Å²) in [5.74, 6) is 0. The summed E-state index contributed by atoms with van der Waals surface area (Å²) in [5.41, 5.74) is 2.65. The van der Waals surface area contributed by atoms with Crippen molar-refractivity contribution in [2.24, 2.45) is 0 Å². The van der Waals surface area contributed by atoms with E-state index in [0.717, 1.165) is 5.56 Å². The third-order valence-electron chi connectivity index (χ3n) is 4.64. The fourth-order valence-corrected chi connectivity index (χ4v) is 3.70. The molecule has 0 aliphatic rings. The van der Waals surface area contributed by atoms with Crippen molar-refractivity contribution in [3.05, 3.63) is 114 Å². The maximum Gasteiger partial charge on any atom is 0.200 e. The Kier molecular flexibility index (Phi) is 5.60. The molecule has 1 heterocycles. The van der Waals surface area contributed by atoms with E-state index in [1.165, 1.54) is 12.1 Å². The maximum absolute atomic E-state index is 13.4. The SMILES string of the molecule is N#Cc1ccc(C=c2oc3c(Cl)cc(Cl)cc3c(=O)c2=Cc2cccc(C#N)c2)cc1. The number of fused-ring (bicyclic) bond motifs is 1. The first-order valence-electron chi connectivity index (χ1n) is 9.14. The van der Waals surface area contributed by atoms with Crippen LogP contribution in [-0.2, 0) is 0 Å². The van der Waals surface area contributed by atoms with Crippen LogP contribution in [0.1, 0.15) is 22.3 Å². The highest BCUT2D eigenvalue weighted by Crippen LogP contribution is 2.24. The van der Waals surface area contributed by atoms with Crippen molar-refractivity contribution < 1.29 is 4.42 Å². The molecule has 3 aromatic carbocycles. The molecule has 0 bridgehead atoms. The molecular formula is C25H12Cl2N2O2. The number of hydrogen-bond donors (Lipinski definition) is 0. The molecule has 0 N–H and O–H groups in total. The zero-order valence-electron chi connectivity index (χ0n) is 15.9. The van der Waals surface area contributed by atoms with E-state index in [1.807, 2.05) is 0 Å². The molecule has 0 amide bonds. The summed E-state index contributed by atoms with van der Waals surface area (Å²) in [7, 11) is 0. The van der Waals surface area contributed by atoms with Crippen LogP contribution in [0, 0.1) is 22.7 Å². The highest BCUT2D eigenvalue weighted by molar-refractivity contribution is 6.38. The monoisotopic (exact) mass is 442 g/mol. The van der Waals surface area contributed by atoms with Gasteiger partial charge in [0.2, 0.25) is 5.43 Å². The van der Waals surface area contributed by atoms with E-state index in [9.17, 15) is 10.1 Å². The fraction of sp³-hybridized carbons (Fsp3) is 0. The van der Waals surface area contributed by atoms with E-state index in [4.69, 9.17) is 32.9 Å². The van der Waals surface area contributed by atoms with Crippen LogP contribution >= 0.6 is 23.2 Å². The average molecular weight is 443 g/mol. The van der Waals surface area contributed by atoms with E-state index in [1.54, 1.807) is 60.7 Å². The Hall–Kier alpha value is -3.83. The average Bonchev–Trinajstić information content (AvgIpc) is 2.78. The topological polar surface area (TPSA) is 77.8 Å². The van der Waals surface area contributed by atoms with Crippen molar-refractivity contribution in [3.8, 4) is 12.1 Å². The van der Waals surface area contributed by atoms with Crippen LogP contribution in [0.3, 0.4) is 0 Å². The van der Waals surface area contributed by atoms with Gasteiger partial charge in [0.05, 0.1) is 38.9 Å². The molecule has 0 atom stereocenters. The molecule has 0 fully saturated rings. The second kappa shape index (κ2) is 8.50. The normalized spacial score (nSPS) is 12.0. The minimum absolute atomic E-state index is 0.229. The van der Waals surface area contributed by atoms with Crippen molar-refractivity contribution in [1.82, 2.24) is 0 Å². The quantitative estimate of drug-likeness (QED) is 0.457. The van der Waals surface area contributed by atoms with Gasteiger partial charge in [-0.3, -0.25) is 4.79 Å². The lowest BCUT2D eigenvalue weighted by Crippen LogP contribution is -2.39. The first-order chi connectivity index (χ1) is 15.0. The largest absolute Gasteiger partial charge is 0.454 e. The summed E-state index contributed by atoms with van der Waals surface area (Å²) >= 11 is 12.4. The molecule has 4 rings (SSSR count). The van der Waals surface area contributed by atoms with Crippen LogP contribution in [0.2, 0.25) is 10.0 Å². The summed E-state index contributed by atoms with van der Waals surface area (Å²) in [4.78, 5) is 13.4. The summed E-state index contributed by atoms with van der Waals surface area (Å²) in [6.45, 7) is 0. The molecule has 0 radical (unpaired) electrons. The van der Waals surface area contributed by atoms with Crippen LogP contribution in [0.5, 0.6) is 0 Å². The summed E-state index contributed by atoms with van der Waals surface area (Å²) in [6, 6.07) is 21.0. The van der Waals surface area contributed by atoms with Gasteiger partial charge >= 0.3 is 0 Å². The molecule has 4 nitrogen and oxygen atoms in total. The Bertz CT molecular complexity index is 1590. The number of nitriles is 2. The van der Waals surface area contributed by atoms with Crippen molar-refractivity contribution in [1.29, 1.82) is 10.5 Å². The van der Waals surface area contributed by atoms with E-state index < -0.39 is 0 Å². The predicted molar refractivity (Wildman–Crippen MR) is 121 cm³/mol. The number of nitrogens with zero attached hydrogens (tertiary/aromatic N) is 2. The van der Waals surface area contributed by atoms with Gasteiger partial charge in [-0.25, -0.2) is 0 Å². The van der Waals surface area contributed by atoms with Crippen LogP contribution in [0.4, 0.5) is 0 Å². The van der Waals surface area contributed by atoms with E-state index in [-0.39, 0.29) is 21.4 Å². The zero-order chi connectivity index (χ0) is 22.0. The van der Waals surface area contributed by atoms with Crippen molar-refractivity contribution in [3.63, 3.8) is 0 Å². The molecular weight excluding hydrogens is 431 g/mol. The molecule has 6 heteroatoms. The van der Waals surface area contributed by atoms with Crippen LogP contribution in [0.15, 0.2) is 69.9 Å². The van der Waals surface area contributed by atoms with Crippen LogP contribution in [0.25, 0.3) is 23.1 Å². The standard InChI is InChI=1S/C25H12Cl2N2O2/c26-19-11-21-24(30)20(9-17-2-1-3-18(8-17)14-29)23(31-25(21)22(27)12-19)10-15-4-6-16(13-28)7-5-15/h1-12H. The molecule has 1 aromatic heterocycles. The Morgan fingerprint density at radius 2 is 1.58 bits per heavy atom. The second-order valence-corrected chi connectivity index (χ2v) is 7.58. The van der Waals surface area contributed by atoms with Crippen LogP contribution < -0.4 is 16.1 Å². The van der Waals surface area contributed by atoms with Gasteiger partial charge in [-0.2, -0.15) is 10.5 Å². The van der Waals surface area contributed by atoms with Crippen molar-refractivity contribution in [2.75, 3.05) is 0 Å². The molecule has 0 aliphatic heterocycles. The van der Waals surface area contributed by atoms with Gasteiger partial charge in [-0.1, -0.05) is 47.5 Å². The number of halogens is 2. The van der Waals surface area contributed by atoms with Crippen molar-refractivity contribution >= 4 is 46.3 Å². The number of benzene rings is 3. The van der Waals surface area contributed by atoms with Gasteiger partial charge in [0, 0.05) is 5.02 Å². The Morgan fingerprint density at radius 3 is 2.29 bits per heavy atom. The first-order valence-corrected chi connectivity index (χ1v) is 9.90. The van der Waals surface area contributed by atoms with Gasteiger partial charge in [0.15, 0.2) is 5.58 Å². The molecule has 0 unspecified atom stereocenters. The second-order valence-electron chi connectivity index (χ2n) is 6.73. The third-order valence-corrected chi connectivity index (χ3v) is 5.14. The minimum atomic E-state index is -0.298. The number of hydrogen-bond acceptors (Lipinski definition) is 4. The van der Waals surface area contributed by atoms with E-state index >= 15 is 0 Å². The van der Waals surface area contributed by atoms with E-state index in [2.05, 4.69) is 12.1 Å². The molecule has 0 spiro atoms. The Morgan fingerprint density at radius 1 is 0.839 bits per heavy atom. The molecule has 4 aromatic rings. The lowest BCUT2D eigenvalue weighted by atomic mass is 10.1. The van der Waals surface area contributed by atoms with Gasteiger partial charge in [-0.05, 0) is 59.7 Å². The van der Waals surface area contributed by atoms with E-state index in [0.29, 0.717) is 32.3 Å². The molecule has 0 saturated heterocycles. The fourth-order valence-electron chi connectivity index (χ4n) is 3.17. The molecule has 0 saturated carbocycles. The zero-order valence-corrected chi connectivity index (χ0v) is 17.4. The van der Waals surface area contributed by atoms with Crippen LogP contribution in [-0.4, -0.2) is 0 Å². The Balaban J connectivity index is 2.10. The Labute approximate surface area is 187 Å². The predicted octanol–water partition coefficient (Wildman–Crippen LogP) is 4.50. The summed E-state index contributed by atoms with van der Waals surface area (Å²) in [5, 5.41) is 19.3. The van der Waals surface area contributed by atoms with Gasteiger partial charge in [0.25, 0.3) is 0 Å². The summed E-state index contributed by atoms with van der Waals surface area (Å²) < 4.78 is 6.04. The highest BCUT2D eigenvalue weighted by atomic mass is 35.5. The van der Waals surface area contributed by atoms with Gasteiger partial charge in [0.1, 0.15) is 5.42 Å². The first kappa shape index (κ1) is 20.4. The molecule has 0 aliphatic carbocycles. The smallest absolute Gasteiger partial charge is 0.200 e. The lowest BCUT2D eigenvalue weighted by molar-refractivity contribution is 0.559. The third kappa shape index (κ3) is 4.22. The molecule has 31 heavy (non-hydrogen) atoms. The highest BCUT2D eigenvalue weighted by Gasteiger charge is 2.10. The molecule has 148 valence electrons. The van der Waals surface area contributed by atoms with Gasteiger partial charge in [-0.15, -0.1) is 0 Å². The maximum atomic E-state index is 13.4. The number of rotatable bonds is 2. The van der Waals surface area contributed by atoms with Gasteiger partial charge < -0.3 is 4.42 Å². The lowest BCUT2D eigenvalue weighted by Gasteiger charge is -2.03. The summed E-state index contributed by atoms with van der Waals surface area (Å²) in [6.07, 6.45) is 3.36. The minimum Gasteiger partial charge on any atom is -0.454 e. The van der Waals surface area contributed by atoms with Crippen molar-refractivity contribution in [2.45, 2.75) is 0 Å².